The average Bonchev–Trinajstić information content (AvgIpc) is 2.99. The number of aryl methyl sites for hydroxylation is 1. The van der Waals surface area contributed by atoms with Gasteiger partial charge in [-0.2, -0.15) is 11.3 Å². The van der Waals surface area contributed by atoms with E-state index >= 15 is 0 Å². The Bertz CT molecular complexity index is 723. The largest absolute Gasteiger partial charge is 0.481 e. The van der Waals surface area contributed by atoms with Crippen LogP contribution in [0.4, 0.5) is 5.69 Å². The molecule has 0 aliphatic heterocycles. The van der Waals surface area contributed by atoms with E-state index in [0.717, 1.165) is 5.56 Å². The predicted molar refractivity (Wildman–Crippen MR) is 82.3 cm³/mol. The number of nitrogens with zero attached hydrogens (tertiary/aromatic N) is 1. The van der Waals surface area contributed by atoms with Gasteiger partial charge in [-0.1, -0.05) is 12.1 Å². The second-order valence-corrected chi connectivity index (χ2v) is 7.24. The van der Waals surface area contributed by atoms with E-state index in [1.165, 1.54) is 22.7 Å². The molecule has 0 aliphatic carbocycles. The molecule has 0 bridgehead atoms. The summed E-state index contributed by atoms with van der Waals surface area (Å²) in [6.07, 6.45) is 0.389. The fourth-order valence-corrected chi connectivity index (χ4v) is 4.06. The lowest BCUT2D eigenvalue weighted by Crippen LogP contribution is -2.26. The van der Waals surface area contributed by atoms with Gasteiger partial charge in [-0.05, 0) is 35.6 Å². The zero-order chi connectivity index (χ0) is 15.5. The molecule has 5 nitrogen and oxygen atoms in total. The van der Waals surface area contributed by atoms with Crippen LogP contribution >= 0.6 is 11.3 Å². The van der Waals surface area contributed by atoms with E-state index in [2.05, 4.69) is 0 Å². The molecule has 1 heterocycles. The Balaban J connectivity index is 2.25. The summed E-state index contributed by atoms with van der Waals surface area (Å²) in [5, 5.41) is 12.0. The third-order valence-corrected chi connectivity index (χ3v) is 5.67. The minimum atomic E-state index is -3.57. The van der Waals surface area contributed by atoms with Crippen molar-refractivity contribution in [3.05, 3.63) is 46.7 Å². The number of carboxylic acids is 1. The van der Waals surface area contributed by atoms with Gasteiger partial charge in [-0.15, -0.1) is 0 Å². The first kappa shape index (κ1) is 15.5. The van der Waals surface area contributed by atoms with E-state index in [1.54, 1.807) is 41.1 Å². The van der Waals surface area contributed by atoms with Crippen molar-refractivity contribution in [2.24, 2.45) is 0 Å². The molecule has 0 saturated heterocycles. The fourth-order valence-electron chi connectivity index (χ4n) is 1.85. The summed E-state index contributed by atoms with van der Waals surface area (Å²) in [4.78, 5) is 10.9. The first-order valence-corrected chi connectivity index (χ1v) is 8.61. The monoisotopic (exact) mass is 325 g/mol. The number of aliphatic carboxylic acids is 1. The van der Waals surface area contributed by atoms with Crippen molar-refractivity contribution >= 4 is 33.0 Å². The number of carbonyl (C=O) groups is 1. The molecule has 0 atom stereocenters. The first-order valence-electron chi connectivity index (χ1n) is 6.23. The van der Waals surface area contributed by atoms with Gasteiger partial charge in [0.1, 0.15) is 0 Å². The number of anilines is 1. The van der Waals surface area contributed by atoms with E-state index < -0.39 is 16.0 Å². The Kier molecular flexibility index (Phi) is 4.64. The Labute approximate surface area is 127 Å². The van der Waals surface area contributed by atoms with Gasteiger partial charge < -0.3 is 5.11 Å². The first-order chi connectivity index (χ1) is 9.91. The summed E-state index contributed by atoms with van der Waals surface area (Å²) in [6, 6.07) is 8.47. The van der Waals surface area contributed by atoms with Gasteiger partial charge in [0, 0.05) is 18.8 Å². The molecule has 0 radical (unpaired) electrons. The van der Waals surface area contributed by atoms with E-state index in [4.69, 9.17) is 5.11 Å². The van der Waals surface area contributed by atoms with E-state index in [0.29, 0.717) is 12.1 Å². The van der Waals surface area contributed by atoms with E-state index in [9.17, 15) is 13.2 Å². The van der Waals surface area contributed by atoms with Crippen molar-refractivity contribution in [1.29, 1.82) is 0 Å². The number of sulfonamides is 1. The van der Waals surface area contributed by atoms with Crippen LogP contribution in [0.25, 0.3) is 0 Å². The number of carboxylic acid groups (broad SMARTS) is 1. The maximum Gasteiger partial charge on any atom is 0.303 e. The predicted octanol–water partition coefficient (Wildman–Crippen LogP) is 2.59. The van der Waals surface area contributed by atoms with Crippen molar-refractivity contribution < 1.29 is 18.3 Å². The number of rotatable bonds is 6. The molecule has 0 amide bonds. The zero-order valence-corrected chi connectivity index (χ0v) is 13.0. The van der Waals surface area contributed by atoms with E-state index in [-0.39, 0.29) is 11.3 Å². The standard InChI is InChI=1S/C14H15NO4S2/c1-15(21(18,19)13-7-8-20-10-13)12-4-2-3-11(9-12)5-6-14(16)17/h2-4,7-10H,5-6H2,1H3,(H,16,17). The second-order valence-electron chi connectivity index (χ2n) is 4.50. The van der Waals surface area contributed by atoms with Crippen LogP contribution in [0.15, 0.2) is 46.0 Å². The van der Waals surface area contributed by atoms with Crippen molar-refractivity contribution in [3.63, 3.8) is 0 Å². The fraction of sp³-hybridized carbons (Fsp3) is 0.214. The maximum atomic E-state index is 12.4. The van der Waals surface area contributed by atoms with Crippen LogP contribution in [0.3, 0.4) is 0 Å². The van der Waals surface area contributed by atoms with Gasteiger partial charge in [0.15, 0.2) is 0 Å². The summed E-state index contributed by atoms with van der Waals surface area (Å²) in [6.45, 7) is 0. The smallest absolute Gasteiger partial charge is 0.303 e. The molecule has 1 N–H and O–H groups in total. The molecule has 2 aromatic rings. The summed E-state index contributed by atoms with van der Waals surface area (Å²) in [7, 11) is -2.08. The molecule has 1 aromatic heterocycles. The summed E-state index contributed by atoms with van der Waals surface area (Å²) < 4.78 is 26.0. The third-order valence-electron chi connectivity index (χ3n) is 3.06. The lowest BCUT2D eigenvalue weighted by atomic mass is 10.1. The minimum Gasteiger partial charge on any atom is -0.481 e. The quantitative estimate of drug-likeness (QED) is 0.886. The molecule has 0 saturated carbocycles. The molecule has 1 aromatic carbocycles. The van der Waals surface area contributed by atoms with Gasteiger partial charge in [0.05, 0.1) is 10.6 Å². The summed E-state index contributed by atoms with van der Waals surface area (Å²) >= 11 is 1.32. The molecule has 2 rings (SSSR count). The van der Waals surface area contributed by atoms with Crippen LogP contribution in [-0.2, 0) is 21.2 Å². The Morgan fingerprint density at radius 3 is 2.71 bits per heavy atom. The SMILES string of the molecule is CN(c1cccc(CCC(=O)O)c1)S(=O)(=O)c1ccsc1. The van der Waals surface area contributed by atoms with Gasteiger partial charge in [-0.3, -0.25) is 9.10 Å². The van der Waals surface area contributed by atoms with Gasteiger partial charge in [-0.25, -0.2) is 8.42 Å². The highest BCUT2D eigenvalue weighted by atomic mass is 32.2. The normalized spacial score (nSPS) is 11.3. The van der Waals surface area contributed by atoms with Crippen molar-refractivity contribution in [3.8, 4) is 0 Å². The van der Waals surface area contributed by atoms with E-state index in [1.807, 2.05) is 0 Å². The minimum absolute atomic E-state index is 0.0183. The topological polar surface area (TPSA) is 74.7 Å². The number of hydrogen-bond acceptors (Lipinski definition) is 4. The Morgan fingerprint density at radius 1 is 1.33 bits per heavy atom. The van der Waals surface area contributed by atoms with Crippen molar-refractivity contribution in [1.82, 2.24) is 0 Å². The molecule has 0 fully saturated rings. The second kappa shape index (κ2) is 6.28. The number of hydrogen-bond donors (Lipinski definition) is 1. The van der Waals surface area contributed by atoms with Crippen molar-refractivity contribution in [2.45, 2.75) is 17.7 Å². The molecule has 0 aliphatic rings. The number of benzene rings is 1. The molecule has 0 spiro atoms. The molecule has 0 unspecified atom stereocenters. The average molecular weight is 325 g/mol. The highest BCUT2D eigenvalue weighted by Gasteiger charge is 2.21. The zero-order valence-electron chi connectivity index (χ0n) is 11.4. The van der Waals surface area contributed by atoms with Crippen molar-refractivity contribution in [2.75, 3.05) is 11.4 Å². The van der Waals surface area contributed by atoms with Crippen LogP contribution < -0.4 is 4.31 Å². The van der Waals surface area contributed by atoms with Gasteiger partial charge >= 0.3 is 5.97 Å². The molecule has 112 valence electrons. The molecular formula is C14H15NO4S2. The molecular weight excluding hydrogens is 310 g/mol. The number of thiophene rings is 1. The molecule has 7 heteroatoms. The highest BCUT2D eigenvalue weighted by molar-refractivity contribution is 7.93. The van der Waals surface area contributed by atoms with Crippen LogP contribution in [0.2, 0.25) is 0 Å². The van der Waals surface area contributed by atoms with Crippen LogP contribution in [-0.4, -0.2) is 26.5 Å². The Hall–Kier alpha value is -1.86. The summed E-state index contributed by atoms with van der Waals surface area (Å²) in [5.41, 5.74) is 1.31. The Morgan fingerprint density at radius 2 is 2.10 bits per heavy atom. The van der Waals surface area contributed by atoms with Crippen LogP contribution in [0, 0.1) is 0 Å². The van der Waals surface area contributed by atoms with Crippen LogP contribution in [0.1, 0.15) is 12.0 Å². The maximum absolute atomic E-state index is 12.4. The lowest BCUT2D eigenvalue weighted by Gasteiger charge is -2.19. The highest BCUT2D eigenvalue weighted by Crippen LogP contribution is 2.24. The molecule has 21 heavy (non-hydrogen) atoms. The van der Waals surface area contributed by atoms with Gasteiger partial charge in [0.25, 0.3) is 10.0 Å². The van der Waals surface area contributed by atoms with Crippen LogP contribution in [0.5, 0.6) is 0 Å². The lowest BCUT2D eigenvalue weighted by molar-refractivity contribution is -0.136. The summed E-state index contributed by atoms with van der Waals surface area (Å²) in [5.74, 6) is -0.875. The third kappa shape index (κ3) is 3.62. The van der Waals surface area contributed by atoms with Gasteiger partial charge in [0.2, 0.25) is 0 Å².